The molecule has 2 heterocycles. The fraction of sp³-hybridized carbons (Fsp3) is 0.143. The Balaban J connectivity index is 1.63. The van der Waals surface area contributed by atoms with Crippen LogP contribution in [0.2, 0.25) is 0 Å². The van der Waals surface area contributed by atoms with Crippen LogP contribution in [0.5, 0.6) is 0 Å². The van der Waals surface area contributed by atoms with Crippen molar-refractivity contribution in [3.05, 3.63) is 86.1 Å². The smallest absolute Gasteiger partial charge is 0.282 e. The fourth-order valence-electron chi connectivity index (χ4n) is 3.42. The number of hydrogen-bond donors (Lipinski definition) is 1. The Morgan fingerprint density at radius 3 is 2.69 bits per heavy atom. The molecule has 0 spiro atoms. The van der Waals surface area contributed by atoms with Crippen molar-refractivity contribution in [2.45, 2.75) is 12.8 Å². The Labute approximate surface area is 170 Å². The summed E-state index contributed by atoms with van der Waals surface area (Å²) in [6, 6.07) is 14.8. The third-order valence-corrected chi connectivity index (χ3v) is 5.64. The van der Waals surface area contributed by atoms with Crippen molar-refractivity contribution in [2.75, 3.05) is 16.8 Å². The third-order valence-electron chi connectivity index (χ3n) is 4.78. The highest BCUT2D eigenvalue weighted by atomic mass is 32.1. The van der Waals surface area contributed by atoms with Gasteiger partial charge in [0.1, 0.15) is 5.56 Å². The molecule has 2 amide bonds. The Bertz CT molecular complexity index is 1100. The summed E-state index contributed by atoms with van der Waals surface area (Å²) in [6.07, 6.45) is 1.72. The summed E-state index contributed by atoms with van der Waals surface area (Å²) < 4.78 is 0. The minimum absolute atomic E-state index is 0.0123. The van der Waals surface area contributed by atoms with Crippen molar-refractivity contribution in [1.29, 1.82) is 0 Å². The van der Waals surface area contributed by atoms with Crippen molar-refractivity contribution in [3.63, 3.8) is 0 Å². The zero-order valence-electron chi connectivity index (χ0n) is 15.3. The lowest BCUT2D eigenvalue weighted by Gasteiger charge is -2.29. The topological polar surface area (TPSA) is 92.6 Å². The first-order valence-corrected chi connectivity index (χ1v) is 9.95. The van der Waals surface area contributed by atoms with Crippen LogP contribution in [0.1, 0.15) is 32.0 Å². The molecule has 29 heavy (non-hydrogen) atoms. The first kappa shape index (κ1) is 18.8. The van der Waals surface area contributed by atoms with E-state index in [-0.39, 0.29) is 17.2 Å². The van der Waals surface area contributed by atoms with Crippen LogP contribution >= 0.6 is 11.3 Å². The molecule has 0 saturated carbocycles. The van der Waals surface area contributed by atoms with Gasteiger partial charge in [0.2, 0.25) is 0 Å². The van der Waals surface area contributed by atoms with Gasteiger partial charge in [-0.3, -0.25) is 19.7 Å². The second kappa shape index (κ2) is 7.84. The number of nitro benzene ring substituents is 1. The first-order chi connectivity index (χ1) is 14.0. The van der Waals surface area contributed by atoms with Crippen LogP contribution in [0.25, 0.3) is 0 Å². The molecule has 1 aliphatic heterocycles. The number of rotatable bonds is 4. The van der Waals surface area contributed by atoms with Crippen LogP contribution in [-0.4, -0.2) is 23.3 Å². The van der Waals surface area contributed by atoms with E-state index in [1.165, 1.54) is 29.5 Å². The Hall–Kier alpha value is -3.52. The van der Waals surface area contributed by atoms with Crippen LogP contribution in [0.3, 0.4) is 0 Å². The summed E-state index contributed by atoms with van der Waals surface area (Å²) in [5.74, 6) is -0.632. The number of carbonyl (C=O) groups excluding carboxylic acids is 2. The van der Waals surface area contributed by atoms with Crippen LogP contribution in [0.15, 0.2) is 60.0 Å². The molecule has 1 aliphatic rings. The monoisotopic (exact) mass is 407 g/mol. The third kappa shape index (κ3) is 3.74. The van der Waals surface area contributed by atoms with Crippen LogP contribution in [-0.2, 0) is 6.42 Å². The van der Waals surface area contributed by atoms with Gasteiger partial charge in [-0.25, -0.2) is 0 Å². The van der Waals surface area contributed by atoms with Gasteiger partial charge in [-0.1, -0.05) is 24.3 Å². The predicted octanol–water partition coefficient (Wildman–Crippen LogP) is 4.50. The van der Waals surface area contributed by atoms with Gasteiger partial charge in [0.05, 0.1) is 9.80 Å². The van der Waals surface area contributed by atoms with Crippen molar-refractivity contribution < 1.29 is 14.5 Å². The molecule has 7 nitrogen and oxygen atoms in total. The molecule has 1 aromatic heterocycles. The number of benzene rings is 2. The predicted molar refractivity (Wildman–Crippen MR) is 112 cm³/mol. The number of nitrogens with zero attached hydrogens (tertiary/aromatic N) is 2. The van der Waals surface area contributed by atoms with Gasteiger partial charge >= 0.3 is 0 Å². The number of fused-ring (bicyclic) bond motifs is 1. The van der Waals surface area contributed by atoms with E-state index in [1.54, 1.807) is 29.2 Å². The van der Waals surface area contributed by atoms with E-state index in [0.29, 0.717) is 17.1 Å². The van der Waals surface area contributed by atoms with Crippen LogP contribution < -0.4 is 10.2 Å². The number of para-hydroxylation sites is 1. The molecule has 0 saturated heterocycles. The Kier molecular flexibility index (Phi) is 5.09. The molecule has 3 aromatic rings. The van der Waals surface area contributed by atoms with Crippen molar-refractivity contribution >= 4 is 40.2 Å². The van der Waals surface area contributed by atoms with Gasteiger partial charge in [-0.15, -0.1) is 11.3 Å². The van der Waals surface area contributed by atoms with Crippen molar-refractivity contribution in [3.8, 4) is 0 Å². The molecule has 0 aliphatic carbocycles. The van der Waals surface area contributed by atoms with Gasteiger partial charge in [0, 0.05) is 24.0 Å². The molecule has 2 aromatic carbocycles. The number of nitrogens with one attached hydrogen (secondary N) is 1. The van der Waals surface area contributed by atoms with Crippen molar-refractivity contribution in [1.82, 2.24) is 0 Å². The van der Waals surface area contributed by atoms with E-state index in [4.69, 9.17) is 0 Å². The molecule has 0 atom stereocenters. The van der Waals surface area contributed by atoms with Gasteiger partial charge in [-0.05, 0) is 48.1 Å². The number of anilines is 2. The molecule has 4 rings (SSSR count). The van der Waals surface area contributed by atoms with Crippen molar-refractivity contribution in [2.24, 2.45) is 0 Å². The zero-order chi connectivity index (χ0) is 20.4. The first-order valence-electron chi connectivity index (χ1n) is 9.07. The van der Waals surface area contributed by atoms with Gasteiger partial charge < -0.3 is 10.2 Å². The molecule has 1 N–H and O–H groups in total. The largest absolute Gasteiger partial charge is 0.322 e. The molecule has 0 unspecified atom stereocenters. The number of amides is 2. The van der Waals surface area contributed by atoms with E-state index in [0.717, 1.165) is 24.1 Å². The SMILES string of the molecule is O=C(Nc1ccc2c(c1)N(C(=O)c1cccs1)CCC2)c1ccccc1[N+](=O)[O-]. The Morgan fingerprint density at radius 1 is 1.10 bits per heavy atom. The molecule has 146 valence electrons. The normalized spacial score (nSPS) is 12.9. The molecule has 0 radical (unpaired) electrons. The number of carbonyl (C=O) groups is 2. The summed E-state index contributed by atoms with van der Waals surface area (Å²) in [6.45, 7) is 0.602. The summed E-state index contributed by atoms with van der Waals surface area (Å²) in [5, 5.41) is 15.8. The second-order valence-electron chi connectivity index (χ2n) is 6.61. The lowest BCUT2D eigenvalue weighted by atomic mass is 10.0. The van der Waals surface area contributed by atoms with Gasteiger partial charge in [-0.2, -0.15) is 0 Å². The van der Waals surface area contributed by atoms with E-state index in [2.05, 4.69) is 5.32 Å². The van der Waals surface area contributed by atoms with Gasteiger partial charge in [0.25, 0.3) is 17.5 Å². The number of aryl methyl sites for hydroxylation is 1. The van der Waals surface area contributed by atoms with E-state index in [1.807, 2.05) is 17.5 Å². The average molecular weight is 407 g/mol. The highest BCUT2D eigenvalue weighted by molar-refractivity contribution is 7.12. The van der Waals surface area contributed by atoms with Crippen LogP contribution in [0, 0.1) is 10.1 Å². The van der Waals surface area contributed by atoms with E-state index >= 15 is 0 Å². The quantitative estimate of drug-likeness (QED) is 0.509. The average Bonchev–Trinajstić information content (AvgIpc) is 3.27. The number of thiophene rings is 1. The molecular weight excluding hydrogens is 390 g/mol. The summed E-state index contributed by atoms with van der Waals surface area (Å²) in [4.78, 5) is 38.5. The summed E-state index contributed by atoms with van der Waals surface area (Å²) >= 11 is 1.39. The summed E-state index contributed by atoms with van der Waals surface area (Å²) in [5.41, 5.74) is 2.01. The minimum atomic E-state index is -0.580. The molecule has 0 bridgehead atoms. The zero-order valence-corrected chi connectivity index (χ0v) is 16.1. The molecular formula is C21H17N3O4S. The number of nitro groups is 1. The minimum Gasteiger partial charge on any atom is -0.322 e. The van der Waals surface area contributed by atoms with Crippen LogP contribution in [0.4, 0.5) is 17.1 Å². The Morgan fingerprint density at radius 2 is 1.93 bits per heavy atom. The lowest BCUT2D eigenvalue weighted by Crippen LogP contribution is -2.35. The highest BCUT2D eigenvalue weighted by Gasteiger charge is 2.25. The van der Waals surface area contributed by atoms with E-state index in [9.17, 15) is 19.7 Å². The molecule has 0 fully saturated rings. The maximum absolute atomic E-state index is 12.9. The fourth-order valence-corrected chi connectivity index (χ4v) is 4.09. The lowest BCUT2D eigenvalue weighted by molar-refractivity contribution is -0.385. The number of hydrogen-bond acceptors (Lipinski definition) is 5. The second-order valence-corrected chi connectivity index (χ2v) is 7.56. The molecule has 8 heteroatoms. The summed E-state index contributed by atoms with van der Waals surface area (Å²) in [7, 11) is 0. The van der Waals surface area contributed by atoms with Gasteiger partial charge in [0.15, 0.2) is 0 Å². The maximum atomic E-state index is 12.9. The standard InChI is InChI=1S/C21H17N3O4S/c25-20(16-6-1-2-7-17(16)24(27)28)22-15-10-9-14-5-3-11-23(18(14)13-15)21(26)19-8-4-12-29-19/h1-2,4,6-10,12-13H,3,5,11H2,(H,22,25). The maximum Gasteiger partial charge on any atom is 0.282 e. The van der Waals surface area contributed by atoms with E-state index < -0.39 is 10.8 Å². The highest BCUT2D eigenvalue weighted by Crippen LogP contribution is 2.32.